The zero-order valence-corrected chi connectivity index (χ0v) is 3.07. The fourth-order valence-corrected chi connectivity index (χ4v) is 0.346. The van der Waals surface area contributed by atoms with Crippen LogP contribution in [0.4, 0.5) is 0 Å². The molecule has 0 atom stereocenters. The van der Waals surface area contributed by atoms with Crippen molar-refractivity contribution in [1.29, 1.82) is 0 Å². The van der Waals surface area contributed by atoms with Gasteiger partial charge in [-0.15, -0.1) is 0 Å². The summed E-state index contributed by atoms with van der Waals surface area (Å²) >= 11 is 0. The van der Waals surface area contributed by atoms with Crippen molar-refractivity contribution in [2.75, 3.05) is 0 Å². The Morgan fingerprint density at radius 2 is 1.75 bits per heavy atom. The van der Waals surface area contributed by atoms with Crippen molar-refractivity contribution in [3.63, 3.8) is 0 Å². The Morgan fingerprint density at radius 1 is 1.50 bits per heavy atom. The molecule has 0 saturated heterocycles. The third-order valence-corrected chi connectivity index (χ3v) is 0.964. The number of hydrogen-bond donors (Lipinski definition) is 0. The summed E-state index contributed by atoms with van der Waals surface area (Å²) in [5, 5.41) is 0. The summed E-state index contributed by atoms with van der Waals surface area (Å²) in [4.78, 5) is 0. The van der Waals surface area contributed by atoms with Crippen molar-refractivity contribution >= 4 is 14.6 Å². The van der Waals surface area contributed by atoms with E-state index in [1.807, 2.05) is 11.6 Å². The molecule has 0 fully saturated rings. The molecule has 0 nitrogen and oxygen atoms in total. The monoisotopic (exact) mass is 68.0 g/mol. The van der Waals surface area contributed by atoms with Gasteiger partial charge in [0.05, 0.1) is 0 Å². The first kappa shape index (κ1) is 2.35. The predicted molar refractivity (Wildman–Crippen MR) is 21.8 cm³/mol. The summed E-state index contributed by atoms with van der Waals surface area (Å²) < 4.78 is 0. The summed E-state index contributed by atoms with van der Waals surface area (Å²) in [5.41, 5.74) is 0. The van der Waals surface area contributed by atoms with Crippen LogP contribution in [0.2, 0.25) is 0 Å². The SMILES string of the molecule is [B]=[P+]1C=C1. The molecule has 1 aliphatic rings. The minimum atomic E-state index is -0.120. The van der Waals surface area contributed by atoms with Crippen molar-refractivity contribution in [3.8, 4) is 0 Å². The predicted octanol–water partition coefficient (Wildman–Crippen LogP) is 1.04. The van der Waals surface area contributed by atoms with Crippen LogP contribution in [0.5, 0.6) is 0 Å². The van der Waals surface area contributed by atoms with Gasteiger partial charge in [-0.3, -0.25) is 0 Å². The molecule has 1 aliphatic heterocycles. The fourth-order valence-electron chi connectivity index (χ4n) is 0.0385. The van der Waals surface area contributed by atoms with Gasteiger partial charge in [-0.25, -0.2) is 0 Å². The molecule has 0 aromatic rings. The first-order chi connectivity index (χ1) is 1.89. The van der Waals surface area contributed by atoms with Crippen molar-refractivity contribution in [2.45, 2.75) is 0 Å². The van der Waals surface area contributed by atoms with Gasteiger partial charge in [0.25, 0.3) is 0 Å². The first-order valence-electron chi connectivity index (χ1n) is 1.11. The van der Waals surface area contributed by atoms with Gasteiger partial charge < -0.3 is 0 Å². The summed E-state index contributed by atoms with van der Waals surface area (Å²) in [6, 6.07) is 0. The summed E-state index contributed by atoms with van der Waals surface area (Å²) in [6.45, 7) is 0. The van der Waals surface area contributed by atoms with E-state index in [-0.39, 0.29) is 7.41 Å². The van der Waals surface area contributed by atoms with Gasteiger partial charge in [0.15, 0.2) is 0 Å². The second kappa shape index (κ2) is 0.528. The molecule has 0 aromatic carbocycles. The Hall–Kier alpha value is 0.105. The molecular weight excluding hydrogens is 65.8 g/mol. The van der Waals surface area contributed by atoms with Gasteiger partial charge in [0.2, 0.25) is 0 Å². The normalized spacial score (nSPS) is 17.2. The van der Waals surface area contributed by atoms with Gasteiger partial charge >= 0.3 is 26.2 Å². The molecule has 17 valence electrons. The molecule has 1 rings (SSSR count). The van der Waals surface area contributed by atoms with Gasteiger partial charge in [-0.2, -0.15) is 0 Å². The van der Waals surface area contributed by atoms with E-state index in [0.717, 1.165) is 0 Å². The molecule has 1 heterocycles. The molecule has 0 bridgehead atoms. The molecule has 0 spiro atoms. The standard InChI is InChI=1S/C2H2BP/c3-4-1-2-4/h1-2H/q+1. The van der Waals surface area contributed by atoms with Crippen LogP contribution in [0, 0.1) is 0 Å². The topological polar surface area (TPSA) is 0 Å². The molecule has 0 N–H and O–H groups in total. The van der Waals surface area contributed by atoms with Crippen molar-refractivity contribution in [2.24, 2.45) is 0 Å². The van der Waals surface area contributed by atoms with Crippen LogP contribution in [-0.4, -0.2) is 7.18 Å². The van der Waals surface area contributed by atoms with Crippen LogP contribution >= 0.6 is 7.41 Å². The van der Waals surface area contributed by atoms with E-state index >= 15 is 0 Å². The number of hydrogen-bond acceptors (Lipinski definition) is 0. The maximum atomic E-state index is 5.18. The molecule has 1 radical (unpaired) electrons. The van der Waals surface area contributed by atoms with E-state index < -0.39 is 0 Å². The molecular formula is C2H2BP+. The fraction of sp³-hybridized carbons (Fsp3) is 0. The van der Waals surface area contributed by atoms with Crippen LogP contribution in [0.25, 0.3) is 0 Å². The summed E-state index contributed by atoms with van der Waals surface area (Å²) in [7, 11) is 5.06. The second-order valence-corrected chi connectivity index (χ2v) is 2.24. The Kier molecular flexibility index (Phi) is 0.310. The van der Waals surface area contributed by atoms with Gasteiger partial charge in [-0.1, -0.05) is 0 Å². The minimum absolute atomic E-state index is 0.120. The summed E-state index contributed by atoms with van der Waals surface area (Å²) in [6.07, 6.45) is 0. The average molecular weight is 67.8 g/mol. The molecule has 2 heteroatoms. The van der Waals surface area contributed by atoms with Crippen LogP contribution in [-0.2, 0) is 0 Å². The Morgan fingerprint density at radius 3 is 1.75 bits per heavy atom. The zero-order valence-electron chi connectivity index (χ0n) is 2.18. The Balaban J connectivity index is 2.80. The Labute approximate surface area is 27.2 Å². The van der Waals surface area contributed by atoms with E-state index in [2.05, 4.69) is 0 Å². The molecule has 0 aliphatic carbocycles. The third kappa shape index (κ3) is 0.267. The average Bonchev–Trinajstić information content (AvgIpc) is 1.75. The molecule has 0 unspecified atom stereocenters. The first-order valence-corrected chi connectivity index (χ1v) is 2.66. The zero-order chi connectivity index (χ0) is 2.99. The number of rotatable bonds is 0. The van der Waals surface area contributed by atoms with Crippen LogP contribution in [0.3, 0.4) is 0 Å². The molecule has 4 heavy (non-hydrogen) atoms. The van der Waals surface area contributed by atoms with E-state index in [0.29, 0.717) is 0 Å². The second-order valence-electron chi connectivity index (χ2n) is 0.745. The molecule has 0 saturated carbocycles. The van der Waals surface area contributed by atoms with Gasteiger partial charge in [0.1, 0.15) is 0 Å². The van der Waals surface area contributed by atoms with Crippen LogP contribution in [0.1, 0.15) is 0 Å². The van der Waals surface area contributed by atoms with E-state index in [4.69, 9.17) is 7.18 Å². The van der Waals surface area contributed by atoms with Gasteiger partial charge in [-0.05, 0) is 0 Å². The van der Waals surface area contributed by atoms with Crippen LogP contribution in [0.15, 0.2) is 11.6 Å². The van der Waals surface area contributed by atoms with E-state index in [1.165, 1.54) is 0 Å². The Bertz CT molecular complexity index is 66.1. The van der Waals surface area contributed by atoms with Gasteiger partial charge in [0, 0.05) is 0 Å². The molecule has 0 amide bonds. The summed E-state index contributed by atoms with van der Waals surface area (Å²) in [5.74, 6) is 4.02. The van der Waals surface area contributed by atoms with Crippen LogP contribution < -0.4 is 0 Å². The van der Waals surface area contributed by atoms with Crippen molar-refractivity contribution < 1.29 is 0 Å². The van der Waals surface area contributed by atoms with E-state index in [1.54, 1.807) is 0 Å². The van der Waals surface area contributed by atoms with Crippen molar-refractivity contribution in [1.82, 2.24) is 0 Å². The molecule has 0 aromatic heterocycles. The third-order valence-electron chi connectivity index (χ3n) is 0.321. The van der Waals surface area contributed by atoms with Crippen molar-refractivity contribution in [3.05, 3.63) is 11.6 Å². The quantitative estimate of drug-likeness (QED) is 0.294. The maximum absolute atomic E-state index is 5.18. The van der Waals surface area contributed by atoms with E-state index in [9.17, 15) is 0 Å².